The van der Waals surface area contributed by atoms with Crippen LogP contribution in [0, 0.1) is 18.6 Å². The van der Waals surface area contributed by atoms with Gasteiger partial charge in [-0.1, -0.05) is 0 Å². The lowest BCUT2D eigenvalue weighted by molar-refractivity contribution is -0.137. The van der Waals surface area contributed by atoms with Crippen LogP contribution in [0.2, 0.25) is 0 Å². The lowest BCUT2D eigenvalue weighted by Crippen LogP contribution is -2.36. The number of hydrogen-bond donors (Lipinski definition) is 3. The Morgan fingerprint density at radius 1 is 1.29 bits per heavy atom. The zero-order valence-electron chi connectivity index (χ0n) is 11.9. The van der Waals surface area contributed by atoms with Crippen molar-refractivity contribution in [1.29, 1.82) is 0 Å². The molecule has 0 bridgehead atoms. The Balaban J connectivity index is 2.50. The van der Waals surface area contributed by atoms with Crippen molar-refractivity contribution in [2.75, 3.05) is 5.32 Å². The van der Waals surface area contributed by atoms with E-state index in [-0.39, 0.29) is 23.7 Å². The molecule has 0 aromatic heterocycles. The highest BCUT2D eigenvalue weighted by atomic mass is 19.1. The van der Waals surface area contributed by atoms with E-state index in [1.165, 1.54) is 6.92 Å². The number of hydrogen-bond acceptors (Lipinski definition) is 2. The van der Waals surface area contributed by atoms with Crippen LogP contribution in [0.4, 0.5) is 19.3 Å². The van der Waals surface area contributed by atoms with Crippen molar-refractivity contribution in [2.24, 2.45) is 0 Å². The summed E-state index contributed by atoms with van der Waals surface area (Å²) < 4.78 is 26.9. The largest absolute Gasteiger partial charge is 0.481 e. The van der Waals surface area contributed by atoms with E-state index in [1.54, 1.807) is 6.92 Å². The molecule has 0 aliphatic carbocycles. The molecule has 0 aliphatic heterocycles. The first kappa shape index (κ1) is 16.9. The highest BCUT2D eigenvalue weighted by molar-refractivity contribution is 5.89. The fourth-order valence-electron chi connectivity index (χ4n) is 1.76. The quantitative estimate of drug-likeness (QED) is 0.755. The molecule has 0 heterocycles. The van der Waals surface area contributed by atoms with Gasteiger partial charge in [-0.25, -0.2) is 13.6 Å². The van der Waals surface area contributed by atoms with Gasteiger partial charge in [0.1, 0.15) is 11.6 Å². The minimum absolute atomic E-state index is 0.0193. The molecular formula is C14H18F2N2O3. The summed E-state index contributed by atoms with van der Waals surface area (Å²) in [6, 6.07) is 0.975. The molecule has 7 heteroatoms. The van der Waals surface area contributed by atoms with Gasteiger partial charge in [0, 0.05) is 18.5 Å². The number of carboxylic acid groups (broad SMARTS) is 1. The van der Waals surface area contributed by atoms with E-state index in [0.29, 0.717) is 12.8 Å². The Labute approximate surface area is 121 Å². The molecule has 3 N–H and O–H groups in total. The van der Waals surface area contributed by atoms with Gasteiger partial charge in [-0.3, -0.25) is 4.79 Å². The van der Waals surface area contributed by atoms with E-state index in [0.717, 1.165) is 12.1 Å². The monoisotopic (exact) mass is 300 g/mol. The molecule has 2 amide bonds. The molecule has 5 nitrogen and oxygen atoms in total. The lowest BCUT2D eigenvalue weighted by atomic mass is 10.1. The van der Waals surface area contributed by atoms with E-state index < -0.39 is 23.6 Å². The maximum atomic E-state index is 13.5. The van der Waals surface area contributed by atoms with Gasteiger partial charge in [-0.05, 0) is 38.3 Å². The molecule has 0 fully saturated rings. The third kappa shape index (κ3) is 5.76. The summed E-state index contributed by atoms with van der Waals surface area (Å²) in [5.41, 5.74) is -0.0890. The van der Waals surface area contributed by atoms with E-state index in [9.17, 15) is 18.4 Å². The highest BCUT2D eigenvalue weighted by Crippen LogP contribution is 2.18. The molecule has 0 saturated heterocycles. The lowest BCUT2D eigenvalue weighted by Gasteiger charge is -2.14. The molecule has 1 rings (SSSR count). The number of carbonyl (C=O) groups excluding carboxylic acids is 1. The number of anilines is 1. The van der Waals surface area contributed by atoms with Crippen molar-refractivity contribution >= 4 is 17.7 Å². The normalized spacial score (nSPS) is 11.8. The number of benzene rings is 1. The molecule has 0 spiro atoms. The first-order valence-electron chi connectivity index (χ1n) is 6.54. The summed E-state index contributed by atoms with van der Waals surface area (Å²) in [5, 5.41) is 13.3. The molecule has 1 unspecified atom stereocenters. The summed E-state index contributed by atoms with van der Waals surface area (Å²) in [4.78, 5) is 22.0. The SMILES string of the molecule is Cc1cc(F)c(NC(=O)NC(C)CCCC(=O)O)cc1F. The van der Waals surface area contributed by atoms with Gasteiger partial charge in [0.2, 0.25) is 0 Å². The standard InChI is InChI=1S/C14H18F2N2O3/c1-8-6-11(16)12(7-10(8)15)18-14(21)17-9(2)4-3-5-13(19)20/h6-7,9H,3-5H2,1-2H3,(H,19,20)(H2,17,18,21). The summed E-state index contributed by atoms with van der Waals surface area (Å²) in [5.74, 6) is -2.23. The minimum atomic E-state index is -0.899. The number of carboxylic acids is 1. The number of carbonyl (C=O) groups is 2. The first-order valence-corrected chi connectivity index (χ1v) is 6.54. The Morgan fingerprint density at radius 3 is 2.57 bits per heavy atom. The van der Waals surface area contributed by atoms with Crippen molar-refractivity contribution < 1.29 is 23.5 Å². The van der Waals surface area contributed by atoms with Gasteiger partial charge in [-0.15, -0.1) is 0 Å². The molecule has 1 atom stereocenters. The van der Waals surface area contributed by atoms with Gasteiger partial charge in [0.05, 0.1) is 5.69 Å². The maximum absolute atomic E-state index is 13.5. The molecular weight excluding hydrogens is 282 g/mol. The van der Waals surface area contributed by atoms with Crippen molar-refractivity contribution in [1.82, 2.24) is 5.32 Å². The van der Waals surface area contributed by atoms with Crippen molar-refractivity contribution in [3.8, 4) is 0 Å². The van der Waals surface area contributed by atoms with E-state index in [2.05, 4.69) is 10.6 Å². The summed E-state index contributed by atoms with van der Waals surface area (Å²) in [6.07, 6.45) is 0.917. The fraction of sp³-hybridized carbons (Fsp3) is 0.429. The number of nitrogens with one attached hydrogen (secondary N) is 2. The minimum Gasteiger partial charge on any atom is -0.481 e. The molecule has 21 heavy (non-hydrogen) atoms. The van der Waals surface area contributed by atoms with Crippen LogP contribution in [-0.2, 0) is 4.79 Å². The van der Waals surface area contributed by atoms with E-state index in [1.807, 2.05) is 0 Å². The van der Waals surface area contributed by atoms with Crippen LogP contribution in [0.3, 0.4) is 0 Å². The van der Waals surface area contributed by atoms with Crippen LogP contribution in [-0.4, -0.2) is 23.1 Å². The van der Waals surface area contributed by atoms with Crippen LogP contribution < -0.4 is 10.6 Å². The second-order valence-electron chi connectivity index (χ2n) is 4.87. The summed E-state index contributed by atoms with van der Waals surface area (Å²) >= 11 is 0. The van der Waals surface area contributed by atoms with Crippen LogP contribution in [0.5, 0.6) is 0 Å². The van der Waals surface area contributed by atoms with Crippen LogP contribution >= 0.6 is 0 Å². The number of halogens is 2. The van der Waals surface area contributed by atoms with Crippen LogP contribution in [0.25, 0.3) is 0 Å². The van der Waals surface area contributed by atoms with Gasteiger partial charge >= 0.3 is 12.0 Å². The fourth-order valence-corrected chi connectivity index (χ4v) is 1.76. The van der Waals surface area contributed by atoms with Crippen molar-refractivity contribution in [3.63, 3.8) is 0 Å². The molecule has 0 saturated carbocycles. The third-order valence-corrected chi connectivity index (χ3v) is 2.90. The molecule has 0 radical (unpaired) electrons. The van der Waals surface area contributed by atoms with Gasteiger partial charge in [-0.2, -0.15) is 0 Å². The van der Waals surface area contributed by atoms with Gasteiger partial charge in [0.15, 0.2) is 0 Å². The molecule has 116 valence electrons. The number of aryl methyl sites for hydroxylation is 1. The van der Waals surface area contributed by atoms with Crippen molar-refractivity contribution in [3.05, 3.63) is 29.3 Å². The maximum Gasteiger partial charge on any atom is 0.319 e. The number of aliphatic carboxylic acids is 1. The number of urea groups is 1. The number of amides is 2. The molecule has 0 aliphatic rings. The smallest absolute Gasteiger partial charge is 0.319 e. The first-order chi connectivity index (χ1) is 9.79. The third-order valence-electron chi connectivity index (χ3n) is 2.90. The topological polar surface area (TPSA) is 78.4 Å². The van der Waals surface area contributed by atoms with Crippen molar-refractivity contribution in [2.45, 2.75) is 39.2 Å². The van der Waals surface area contributed by atoms with E-state index in [4.69, 9.17) is 5.11 Å². The molecule has 1 aromatic rings. The Bertz CT molecular complexity index is 535. The van der Waals surface area contributed by atoms with Gasteiger partial charge in [0.25, 0.3) is 0 Å². The van der Waals surface area contributed by atoms with Crippen LogP contribution in [0.1, 0.15) is 31.7 Å². The zero-order valence-corrected chi connectivity index (χ0v) is 11.9. The second-order valence-corrected chi connectivity index (χ2v) is 4.87. The Kier molecular flexibility index (Phi) is 6.08. The second kappa shape index (κ2) is 7.56. The number of rotatable bonds is 6. The van der Waals surface area contributed by atoms with Gasteiger partial charge < -0.3 is 15.7 Å². The summed E-state index contributed by atoms with van der Waals surface area (Å²) in [7, 11) is 0. The average Bonchev–Trinajstić information content (AvgIpc) is 2.35. The zero-order chi connectivity index (χ0) is 16.0. The Morgan fingerprint density at radius 2 is 1.95 bits per heavy atom. The molecule has 1 aromatic carbocycles. The van der Waals surface area contributed by atoms with Crippen LogP contribution in [0.15, 0.2) is 12.1 Å². The van der Waals surface area contributed by atoms with E-state index >= 15 is 0 Å². The summed E-state index contributed by atoms with van der Waals surface area (Å²) in [6.45, 7) is 3.13. The Hall–Kier alpha value is -2.18. The predicted octanol–water partition coefficient (Wildman–Crippen LogP) is 3.04. The highest BCUT2D eigenvalue weighted by Gasteiger charge is 2.12. The predicted molar refractivity (Wildman–Crippen MR) is 74.2 cm³/mol. The average molecular weight is 300 g/mol.